The standard InChI is InChI=1S/C12H18ClNO2/c1-9(2)5-3-4-6-14-8-10(13)7-11(14)12(15)16/h7-9H,3-6H2,1-2H3,(H,15,16). The Hall–Kier alpha value is -0.960. The Morgan fingerprint density at radius 1 is 1.50 bits per heavy atom. The fourth-order valence-corrected chi connectivity index (χ4v) is 1.89. The van der Waals surface area contributed by atoms with Gasteiger partial charge in [-0.3, -0.25) is 0 Å². The van der Waals surface area contributed by atoms with Gasteiger partial charge < -0.3 is 9.67 Å². The van der Waals surface area contributed by atoms with Crippen LogP contribution in [0, 0.1) is 5.92 Å². The van der Waals surface area contributed by atoms with Crippen molar-refractivity contribution in [1.29, 1.82) is 0 Å². The lowest BCUT2D eigenvalue weighted by molar-refractivity contribution is 0.0685. The van der Waals surface area contributed by atoms with Crippen molar-refractivity contribution in [1.82, 2.24) is 4.57 Å². The fourth-order valence-electron chi connectivity index (χ4n) is 1.67. The Balaban J connectivity index is 2.50. The maximum absolute atomic E-state index is 10.9. The molecular formula is C12H18ClNO2. The number of hydrogen-bond donors (Lipinski definition) is 1. The van der Waals surface area contributed by atoms with Crippen LogP contribution in [0.1, 0.15) is 43.6 Å². The quantitative estimate of drug-likeness (QED) is 0.775. The van der Waals surface area contributed by atoms with E-state index in [-0.39, 0.29) is 5.69 Å². The van der Waals surface area contributed by atoms with E-state index in [1.165, 1.54) is 12.5 Å². The molecule has 1 rings (SSSR count). The Morgan fingerprint density at radius 2 is 2.19 bits per heavy atom. The molecule has 0 amide bonds. The van der Waals surface area contributed by atoms with E-state index < -0.39 is 5.97 Å². The monoisotopic (exact) mass is 243 g/mol. The molecule has 0 saturated carbocycles. The van der Waals surface area contributed by atoms with Gasteiger partial charge in [0.2, 0.25) is 0 Å². The number of aromatic carboxylic acids is 1. The normalized spacial score (nSPS) is 11.0. The molecule has 0 bridgehead atoms. The van der Waals surface area contributed by atoms with Crippen LogP contribution in [0.5, 0.6) is 0 Å². The average molecular weight is 244 g/mol. The average Bonchev–Trinajstić information content (AvgIpc) is 2.54. The van der Waals surface area contributed by atoms with Crippen molar-refractivity contribution in [3.63, 3.8) is 0 Å². The van der Waals surface area contributed by atoms with Crippen molar-refractivity contribution in [2.75, 3.05) is 0 Å². The second-order valence-electron chi connectivity index (χ2n) is 4.43. The van der Waals surface area contributed by atoms with Crippen LogP contribution >= 0.6 is 11.6 Å². The van der Waals surface area contributed by atoms with E-state index in [0.29, 0.717) is 10.9 Å². The van der Waals surface area contributed by atoms with Crippen LogP contribution in [0.25, 0.3) is 0 Å². The van der Waals surface area contributed by atoms with E-state index in [1.807, 2.05) is 0 Å². The highest BCUT2D eigenvalue weighted by Gasteiger charge is 2.11. The third-order valence-corrected chi connectivity index (χ3v) is 2.72. The van der Waals surface area contributed by atoms with Gasteiger partial charge in [-0.05, 0) is 18.4 Å². The molecule has 0 aliphatic carbocycles. The van der Waals surface area contributed by atoms with E-state index in [1.54, 1.807) is 10.8 Å². The van der Waals surface area contributed by atoms with Crippen LogP contribution in [-0.2, 0) is 6.54 Å². The van der Waals surface area contributed by atoms with Crippen molar-refractivity contribution in [2.24, 2.45) is 5.92 Å². The molecule has 16 heavy (non-hydrogen) atoms. The summed E-state index contributed by atoms with van der Waals surface area (Å²) in [5.74, 6) is -0.219. The summed E-state index contributed by atoms with van der Waals surface area (Å²) in [4.78, 5) is 10.9. The summed E-state index contributed by atoms with van der Waals surface area (Å²) in [6, 6.07) is 1.49. The molecule has 90 valence electrons. The molecule has 1 heterocycles. The second-order valence-corrected chi connectivity index (χ2v) is 4.87. The van der Waals surface area contributed by atoms with E-state index in [4.69, 9.17) is 16.7 Å². The summed E-state index contributed by atoms with van der Waals surface area (Å²) in [5.41, 5.74) is 0.273. The Bertz CT molecular complexity index is 358. The van der Waals surface area contributed by atoms with Crippen LogP contribution < -0.4 is 0 Å². The smallest absolute Gasteiger partial charge is 0.352 e. The molecule has 0 aromatic carbocycles. The number of nitrogens with zero attached hydrogens (tertiary/aromatic N) is 1. The highest BCUT2D eigenvalue weighted by molar-refractivity contribution is 6.30. The molecule has 3 nitrogen and oxygen atoms in total. The zero-order valence-electron chi connectivity index (χ0n) is 9.74. The van der Waals surface area contributed by atoms with Crippen molar-refractivity contribution < 1.29 is 9.90 Å². The minimum absolute atomic E-state index is 0.273. The van der Waals surface area contributed by atoms with Gasteiger partial charge in [0.05, 0.1) is 5.02 Å². The lowest BCUT2D eigenvalue weighted by atomic mass is 10.1. The first-order valence-electron chi connectivity index (χ1n) is 5.59. The zero-order valence-corrected chi connectivity index (χ0v) is 10.5. The molecule has 0 radical (unpaired) electrons. The molecule has 0 saturated heterocycles. The first-order chi connectivity index (χ1) is 7.50. The molecule has 1 aromatic rings. The Labute approximate surface area is 101 Å². The first kappa shape index (κ1) is 13.1. The first-order valence-corrected chi connectivity index (χ1v) is 5.97. The summed E-state index contributed by atoms with van der Waals surface area (Å²) in [7, 11) is 0. The highest BCUT2D eigenvalue weighted by Crippen LogP contribution is 2.16. The van der Waals surface area contributed by atoms with Gasteiger partial charge in [-0.2, -0.15) is 0 Å². The molecule has 0 aliphatic heterocycles. The Kier molecular flexibility index (Phi) is 4.87. The third-order valence-electron chi connectivity index (χ3n) is 2.51. The summed E-state index contributed by atoms with van der Waals surface area (Å²) >= 11 is 5.79. The molecule has 0 atom stereocenters. The van der Waals surface area contributed by atoms with Crippen molar-refractivity contribution in [3.8, 4) is 0 Å². The minimum Gasteiger partial charge on any atom is -0.477 e. The van der Waals surface area contributed by atoms with Gasteiger partial charge in [0.1, 0.15) is 5.69 Å². The van der Waals surface area contributed by atoms with E-state index in [2.05, 4.69) is 13.8 Å². The van der Waals surface area contributed by atoms with Gasteiger partial charge in [0.15, 0.2) is 0 Å². The fraction of sp³-hybridized carbons (Fsp3) is 0.583. The number of aromatic nitrogens is 1. The molecule has 4 heteroatoms. The number of carboxylic acids is 1. The molecule has 1 aromatic heterocycles. The van der Waals surface area contributed by atoms with Gasteiger partial charge >= 0.3 is 5.97 Å². The zero-order chi connectivity index (χ0) is 12.1. The lowest BCUT2D eigenvalue weighted by Gasteiger charge is -2.07. The second kappa shape index (κ2) is 5.94. The molecule has 0 unspecified atom stereocenters. The van der Waals surface area contributed by atoms with Gasteiger partial charge in [-0.15, -0.1) is 0 Å². The van der Waals surface area contributed by atoms with E-state index in [0.717, 1.165) is 19.4 Å². The predicted molar refractivity (Wildman–Crippen MR) is 65.1 cm³/mol. The van der Waals surface area contributed by atoms with Crippen molar-refractivity contribution in [2.45, 2.75) is 39.7 Å². The Morgan fingerprint density at radius 3 is 2.75 bits per heavy atom. The minimum atomic E-state index is -0.921. The summed E-state index contributed by atoms with van der Waals surface area (Å²) in [6.07, 6.45) is 4.97. The van der Waals surface area contributed by atoms with Gasteiger partial charge in [-0.1, -0.05) is 38.3 Å². The summed E-state index contributed by atoms with van der Waals surface area (Å²) in [6.45, 7) is 5.10. The summed E-state index contributed by atoms with van der Waals surface area (Å²) in [5, 5.41) is 9.43. The van der Waals surface area contributed by atoms with Crippen LogP contribution in [0.3, 0.4) is 0 Å². The van der Waals surface area contributed by atoms with E-state index >= 15 is 0 Å². The third kappa shape index (κ3) is 3.89. The number of halogens is 1. The molecule has 0 fully saturated rings. The number of carboxylic acid groups (broad SMARTS) is 1. The van der Waals surface area contributed by atoms with Gasteiger partial charge in [0, 0.05) is 12.7 Å². The van der Waals surface area contributed by atoms with Gasteiger partial charge in [-0.25, -0.2) is 4.79 Å². The number of carbonyl (C=O) groups is 1. The number of unbranched alkanes of at least 4 members (excludes halogenated alkanes) is 1. The topological polar surface area (TPSA) is 42.2 Å². The van der Waals surface area contributed by atoms with Gasteiger partial charge in [0.25, 0.3) is 0 Å². The molecular weight excluding hydrogens is 226 g/mol. The molecule has 0 aliphatic rings. The SMILES string of the molecule is CC(C)CCCCn1cc(Cl)cc1C(=O)O. The van der Waals surface area contributed by atoms with Crippen molar-refractivity contribution in [3.05, 3.63) is 23.0 Å². The summed E-state index contributed by atoms with van der Waals surface area (Å²) < 4.78 is 1.71. The van der Waals surface area contributed by atoms with Crippen LogP contribution in [0.2, 0.25) is 5.02 Å². The molecule has 1 N–H and O–H groups in total. The highest BCUT2D eigenvalue weighted by atomic mass is 35.5. The molecule has 0 spiro atoms. The van der Waals surface area contributed by atoms with Crippen LogP contribution in [-0.4, -0.2) is 15.6 Å². The number of aryl methyl sites for hydroxylation is 1. The largest absolute Gasteiger partial charge is 0.477 e. The lowest BCUT2D eigenvalue weighted by Crippen LogP contribution is -2.07. The van der Waals surface area contributed by atoms with Crippen molar-refractivity contribution >= 4 is 17.6 Å². The van der Waals surface area contributed by atoms with E-state index in [9.17, 15) is 4.79 Å². The predicted octanol–water partition coefficient (Wildman–Crippen LogP) is 3.67. The van der Waals surface area contributed by atoms with Crippen LogP contribution in [0.15, 0.2) is 12.3 Å². The maximum atomic E-state index is 10.9. The van der Waals surface area contributed by atoms with Crippen LogP contribution in [0.4, 0.5) is 0 Å². The number of rotatable bonds is 6. The maximum Gasteiger partial charge on any atom is 0.352 e. The number of hydrogen-bond acceptors (Lipinski definition) is 1.